The maximum Gasteiger partial charge on any atom is 0.251 e. The number of ether oxygens (including phenoxy) is 2. The highest BCUT2D eigenvalue weighted by atomic mass is 16.5. The highest BCUT2D eigenvalue weighted by Crippen LogP contribution is 2.28. The van der Waals surface area contributed by atoms with Gasteiger partial charge in [-0.15, -0.1) is 10.2 Å². The number of anilines is 1. The molecule has 0 unspecified atom stereocenters. The molecule has 0 radical (unpaired) electrons. The van der Waals surface area contributed by atoms with E-state index in [9.17, 15) is 4.79 Å². The number of nitrogens with one attached hydrogen (secondary N) is 1. The van der Waals surface area contributed by atoms with Crippen LogP contribution in [0.5, 0.6) is 11.5 Å². The topological polar surface area (TPSA) is 86.5 Å². The van der Waals surface area contributed by atoms with Gasteiger partial charge in [0.1, 0.15) is 11.5 Å². The number of aromatic nitrogens is 2. The van der Waals surface area contributed by atoms with E-state index < -0.39 is 0 Å². The van der Waals surface area contributed by atoms with E-state index in [1.807, 2.05) is 62.4 Å². The maximum absolute atomic E-state index is 12.3. The minimum Gasteiger partial charge on any atom is -0.496 e. The van der Waals surface area contributed by atoms with E-state index in [0.717, 1.165) is 0 Å². The van der Waals surface area contributed by atoms with Crippen LogP contribution in [0.1, 0.15) is 26.2 Å². The van der Waals surface area contributed by atoms with Gasteiger partial charge in [0.05, 0.1) is 24.5 Å². The standard InChI is InChI=1S/C21H23N3O4/c1-14(2)27-18-11-7-5-9-16(18)22-19(25)12-13-20-23-24-21(28-20)15-8-4-6-10-17(15)26-3/h4-11,14H,12-13H2,1-3H3,(H,22,25). The molecule has 0 aliphatic rings. The number of hydrogen-bond donors (Lipinski definition) is 1. The summed E-state index contributed by atoms with van der Waals surface area (Å²) in [6, 6.07) is 14.7. The Morgan fingerprint density at radius 1 is 1.07 bits per heavy atom. The van der Waals surface area contributed by atoms with Gasteiger partial charge in [-0.2, -0.15) is 0 Å². The van der Waals surface area contributed by atoms with Crippen LogP contribution in [-0.2, 0) is 11.2 Å². The van der Waals surface area contributed by atoms with Gasteiger partial charge in [-0.25, -0.2) is 0 Å². The van der Waals surface area contributed by atoms with E-state index in [1.165, 1.54) is 0 Å². The lowest BCUT2D eigenvalue weighted by Gasteiger charge is -2.14. The molecule has 1 heterocycles. The van der Waals surface area contributed by atoms with E-state index in [-0.39, 0.29) is 18.4 Å². The number of carbonyl (C=O) groups excluding carboxylic acids is 1. The summed E-state index contributed by atoms with van der Waals surface area (Å²) in [6.07, 6.45) is 0.565. The van der Waals surface area contributed by atoms with Crippen molar-refractivity contribution in [3.8, 4) is 23.0 Å². The van der Waals surface area contributed by atoms with Gasteiger partial charge < -0.3 is 19.2 Å². The first-order valence-electron chi connectivity index (χ1n) is 9.08. The number of methoxy groups -OCH3 is 1. The summed E-state index contributed by atoms with van der Waals surface area (Å²) >= 11 is 0. The van der Waals surface area contributed by atoms with E-state index >= 15 is 0 Å². The molecule has 0 spiro atoms. The quantitative estimate of drug-likeness (QED) is 0.632. The average Bonchev–Trinajstić information content (AvgIpc) is 3.16. The van der Waals surface area contributed by atoms with Gasteiger partial charge in [-0.3, -0.25) is 4.79 Å². The van der Waals surface area contributed by atoms with Crippen molar-refractivity contribution < 1.29 is 18.7 Å². The second-order valence-electron chi connectivity index (χ2n) is 6.41. The molecule has 0 aliphatic carbocycles. The van der Waals surface area contributed by atoms with Crippen molar-refractivity contribution in [3.63, 3.8) is 0 Å². The first-order chi connectivity index (χ1) is 13.6. The summed E-state index contributed by atoms with van der Waals surface area (Å²) in [4.78, 5) is 12.3. The molecule has 7 nitrogen and oxygen atoms in total. The van der Waals surface area contributed by atoms with Crippen LogP contribution >= 0.6 is 0 Å². The van der Waals surface area contributed by atoms with Gasteiger partial charge in [0, 0.05) is 12.8 Å². The van der Waals surface area contributed by atoms with E-state index in [4.69, 9.17) is 13.9 Å². The van der Waals surface area contributed by atoms with Crippen LogP contribution < -0.4 is 14.8 Å². The molecule has 3 aromatic rings. The number of hydrogen-bond acceptors (Lipinski definition) is 6. The lowest BCUT2D eigenvalue weighted by molar-refractivity contribution is -0.116. The third kappa shape index (κ3) is 4.88. The number of carbonyl (C=O) groups is 1. The van der Waals surface area contributed by atoms with Crippen molar-refractivity contribution in [2.45, 2.75) is 32.8 Å². The van der Waals surface area contributed by atoms with Crippen LogP contribution in [0.15, 0.2) is 52.9 Å². The molecule has 1 amide bonds. The molecule has 0 atom stereocenters. The monoisotopic (exact) mass is 381 g/mol. The van der Waals surface area contributed by atoms with Crippen LogP contribution in [-0.4, -0.2) is 29.3 Å². The summed E-state index contributed by atoms with van der Waals surface area (Å²) in [6.45, 7) is 3.88. The first-order valence-corrected chi connectivity index (χ1v) is 9.08. The van der Waals surface area contributed by atoms with Gasteiger partial charge in [0.2, 0.25) is 11.8 Å². The number of amides is 1. The fraction of sp³-hybridized carbons (Fsp3) is 0.286. The zero-order valence-corrected chi connectivity index (χ0v) is 16.1. The lowest BCUT2D eigenvalue weighted by Crippen LogP contribution is -2.14. The molecule has 3 rings (SSSR count). The predicted octanol–water partition coefficient (Wildman–Crippen LogP) is 4.10. The number of para-hydroxylation sites is 3. The smallest absolute Gasteiger partial charge is 0.251 e. The molecule has 0 saturated carbocycles. The van der Waals surface area contributed by atoms with E-state index in [1.54, 1.807) is 7.11 Å². The van der Waals surface area contributed by atoms with Gasteiger partial charge in [-0.1, -0.05) is 24.3 Å². The summed E-state index contributed by atoms with van der Waals surface area (Å²) in [5.41, 5.74) is 1.36. The molecule has 7 heteroatoms. The van der Waals surface area contributed by atoms with Gasteiger partial charge in [0.25, 0.3) is 5.89 Å². The van der Waals surface area contributed by atoms with E-state index in [2.05, 4.69) is 15.5 Å². The van der Waals surface area contributed by atoms with Crippen molar-refractivity contribution in [2.24, 2.45) is 0 Å². The Kier molecular flexibility index (Phi) is 6.26. The third-order valence-corrected chi connectivity index (χ3v) is 3.89. The first kappa shape index (κ1) is 19.4. The van der Waals surface area contributed by atoms with Crippen molar-refractivity contribution in [3.05, 3.63) is 54.4 Å². The zero-order valence-electron chi connectivity index (χ0n) is 16.1. The van der Waals surface area contributed by atoms with Gasteiger partial charge >= 0.3 is 0 Å². The molecule has 1 N–H and O–H groups in total. The Balaban J connectivity index is 1.61. The summed E-state index contributed by atoms with van der Waals surface area (Å²) in [5, 5.41) is 11.0. The molecule has 0 aliphatic heterocycles. The molecule has 0 saturated heterocycles. The Labute approximate surface area is 163 Å². The highest BCUT2D eigenvalue weighted by Gasteiger charge is 2.15. The fourth-order valence-corrected chi connectivity index (χ4v) is 2.64. The second kappa shape index (κ2) is 9.03. The summed E-state index contributed by atoms with van der Waals surface area (Å²) in [7, 11) is 1.58. The maximum atomic E-state index is 12.3. The van der Waals surface area contributed by atoms with Crippen LogP contribution in [0.3, 0.4) is 0 Å². The van der Waals surface area contributed by atoms with Crippen molar-refractivity contribution >= 4 is 11.6 Å². The molecule has 0 fully saturated rings. The summed E-state index contributed by atoms with van der Waals surface area (Å²) < 4.78 is 16.7. The number of nitrogens with zero attached hydrogens (tertiary/aromatic N) is 2. The van der Waals surface area contributed by atoms with Crippen molar-refractivity contribution in [1.29, 1.82) is 0 Å². The van der Waals surface area contributed by atoms with Crippen LogP contribution in [0.4, 0.5) is 5.69 Å². The van der Waals surface area contributed by atoms with E-state index in [0.29, 0.717) is 41.0 Å². The Morgan fingerprint density at radius 3 is 2.54 bits per heavy atom. The zero-order chi connectivity index (χ0) is 19.9. The molecular formula is C21H23N3O4. The predicted molar refractivity (Wildman–Crippen MR) is 105 cm³/mol. The Morgan fingerprint density at radius 2 is 1.79 bits per heavy atom. The third-order valence-electron chi connectivity index (χ3n) is 3.89. The number of benzene rings is 2. The second-order valence-corrected chi connectivity index (χ2v) is 6.41. The summed E-state index contributed by atoms with van der Waals surface area (Å²) in [5.74, 6) is 1.89. The normalized spacial score (nSPS) is 10.7. The minimum atomic E-state index is -0.156. The highest BCUT2D eigenvalue weighted by molar-refractivity contribution is 5.92. The molecule has 146 valence electrons. The Bertz CT molecular complexity index is 937. The van der Waals surface area contributed by atoms with Gasteiger partial charge in [-0.05, 0) is 38.1 Å². The van der Waals surface area contributed by atoms with Crippen molar-refractivity contribution in [2.75, 3.05) is 12.4 Å². The van der Waals surface area contributed by atoms with Crippen LogP contribution in [0.2, 0.25) is 0 Å². The fourth-order valence-electron chi connectivity index (χ4n) is 2.64. The molecule has 1 aromatic heterocycles. The number of aryl methyl sites for hydroxylation is 1. The largest absolute Gasteiger partial charge is 0.496 e. The average molecular weight is 381 g/mol. The van der Waals surface area contributed by atoms with Crippen LogP contribution in [0, 0.1) is 0 Å². The SMILES string of the molecule is COc1ccccc1-c1nnc(CCC(=O)Nc2ccccc2OC(C)C)o1. The van der Waals surface area contributed by atoms with Crippen molar-refractivity contribution in [1.82, 2.24) is 10.2 Å². The lowest BCUT2D eigenvalue weighted by atomic mass is 10.2. The number of rotatable bonds is 8. The van der Waals surface area contributed by atoms with Gasteiger partial charge in [0.15, 0.2) is 0 Å². The minimum absolute atomic E-state index is 0.0184. The molecule has 0 bridgehead atoms. The Hall–Kier alpha value is -3.35. The van der Waals surface area contributed by atoms with Crippen LogP contribution in [0.25, 0.3) is 11.5 Å². The molecule has 28 heavy (non-hydrogen) atoms. The molecular weight excluding hydrogens is 358 g/mol. The molecule has 2 aromatic carbocycles.